The molecule has 2 aromatic rings. The molecular weight excluding hydrogens is 334 g/mol. The van der Waals surface area contributed by atoms with Crippen LogP contribution in [-0.2, 0) is 0 Å². The minimum Gasteiger partial charge on any atom is -0.478 e. The smallest absolute Gasteiger partial charge is 0.337 e. The number of carboxylic acids is 1. The average Bonchev–Trinajstić information content (AvgIpc) is 2.53. The number of anilines is 1. The Balaban J connectivity index is 2.17. The predicted molar refractivity (Wildman–Crippen MR) is 97.7 cm³/mol. The molecule has 0 radical (unpaired) electrons. The summed E-state index contributed by atoms with van der Waals surface area (Å²) in [7, 11) is 0. The van der Waals surface area contributed by atoms with Gasteiger partial charge < -0.3 is 15.7 Å². The summed E-state index contributed by atoms with van der Waals surface area (Å²) in [4.78, 5) is 39.5. The lowest BCUT2D eigenvalue weighted by Crippen LogP contribution is -2.30. The van der Waals surface area contributed by atoms with Crippen LogP contribution in [0.1, 0.15) is 56.3 Å². The summed E-state index contributed by atoms with van der Waals surface area (Å²) in [6.45, 7) is 7.08. The number of aryl methyl sites for hydroxylation is 2. The largest absolute Gasteiger partial charge is 0.478 e. The molecule has 7 nitrogen and oxygen atoms in total. The SMILES string of the molecule is Cc1cc(NC(=O)c2ccc(C(=O)O)c(C)n2)ccc1C(=O)NC(C)C. The maximum Gasteiger partial charge on any atom is 0.337 e. The van der Waals surface area contributed by atoms with E-state index in [2.05, 4.69) is 15.6 Å². The second kappa shape index (κ2) is 7.77. The number of hydrogen-bond acceptors (Lipinski definition) is 4. The Kier molecular flexibility index (Phi) is 5.71. The molecule has 26 heavy (non-hydrogen) atoms. The van der Waals surface area contributed by atoms with Crippen LogP contribution in [0.2, 0.25) is 0 Å². The van der Waals surface area contributed by atoms with Crippen molar-refractivity contribution >= 4 is 23.5 Å². The summed E-state index contributed by atoms with van der Waals surface area (Å²) in [5.74, 6) is -1.71. The normalized spacial score (nSPS) is 10.5. The van der Waals surface area contributed by atoms with E-state index in [-0.39, 0.29) is 28.9 Å². The van der Waals surface area contributed by atoms with Crippen LogP contribution in [-0.4, -0.2) is 33.9 Å². The summed E-state index contributed by atoms with van der Waals surface area (Å²) < 4.78 is 0. The molecule has 2 amide bonds. The molecule has 0 saturated carbocycles. The van der Waals surface area contributed by atoms with Crippen molar-refractivity contribution < 1.29 is 19.5 Å². The van der Waals surface area contributed by atoms with Crippen molar-refractivity contribution in [3.8, 4) is 0 Å². The van der Waals surface area contributed by atoms with Crippen LogP contribution in [0.5, 0.6) is 0 Å². The van der Waals surface area contributed by atoms with E-state index in [1.54, 1.807) is 25.1 Å². The topological polar surface area (TPSA) is 108 Å². The molecular formula is C19H21N3O4. The van der Waals surface area contributed by atoms with E-state index in [0.29, 0.717) is 11.3 Å². The van der Waals surface area contributed by atoms with Gasteiger partial charge in [0.15, 0.2) is 0 Å². The molecule has 7 heteroatoms. The van der Waals surface area contributed by atoms with Gasteiger partial charge in [-0.15, -0.1) is 0 Å². The molecule has 1 heterocycles. The summed E-state index contributed by atoms with van der Waals surface area (Å²) >= 11 is 0. The van der Waals surface area contributed by atoms with Crippen molar-refractivity contribution in [1.82, 2.24) is 10.3 Å². The summed E-state index contributed by atoms with van der Waals surface area (Å²) in [5, 5.41) is 14.5. The molecule has 0 aliphatic rings. The minimum absolute atomic E-state index is 0.0318. The number of benzene rings is 1. The van der Waals surface area contributed by atoms with Crippen molar-refractivity contribution in [3.05, 3.63) is 58.4 Å². The van der Waals surface area contributed by atoms with Crippen LogP contribution < -0.4 is 10.6 Å². The summed E-state index contributed by atoms with van der Waals surface area (Å²) in [6.07, 6.45) is 0. The number of nitrogens with zero attached hydrogens (tertiary/aromatic N) is 1. The van der Waals surface area contributed by atoms with Gasteiger partial charge in [0.25, 0.3) is 11.8 Å². The summed E-state index contributed by atoms with van der Waals surface area (Å²) in [5.41, 5.74) is 2.23. The van der Waals surface area contributed by atoms with Crippen molar-refractivity contribution in [2.24, 2.45) is 0 Å². The fraction of sp³-hybridized carbons (Fsp3) is 0.263. The first kappa shape index (κ1) is 19.1. The Morgan fingerprint density at radius 3 is 2.19 bits per heavy atom. The number of aromatic nitrogens is 1. The Labute approximate surface area is 151 Å². The monoisotopic (exact) mass is 355 g/mol. The second-order valence-electron chi connectivity index (χ2n) is 6.25. The van der Waals surface area contributed by atoms with E-state index in [9.17, 15) is 14.4 Å². The Bertz CT molecular complexity index is 875. The number of carboxylic acid groups (broad SMARTS) is 1. The molecule has 0 fully saturated rings. The number of amides is 2. The standard InChI is InChI=1S/C19H21N3O4/c1-10(2)20-17(23)14-6-5-13(9-11(14)3)22-18(24)16-8-7-15(19(25)26)12(4)21-16/h5-10H,1-4H3,(H,20,23)(H,22,24)(H,25,26). The van der Waals surface area contributed by atoms with E-state index in [4.69, 9.17) is 5.11 Å². The van der Waals surface area contributed by atoms with Crippen LogP contribution >= 0.6 is 0 Å². The van der Waals surface area contributed by atoms with Gasteiger partial charge in [-0.1, -0.05) is 0 Å². The third-order valence-corrected chi connectivity index (χ3v) is 3.70. The summed E-state index contributed by atoms with van der Waals surface area (Å²) in [6, 6.07) is 7.73. The first-order valence-corrected chi connectivity index (χ1v) is 8.13. The van der Waals surface area contributed by atoms with Crippen LogP contribution in [0.4, 0.5) is 5.69 Å². The van der Waals surface area contributed by atoms with Crippen LogP contribution in [0, 0.1) is 13.8 Å². The highest BCUT2D eigenvalue weighted by Gasteiger charge is 2.15. The number of rotatable bonds is 5. The molecule has 0 saturated heterocycles. The molecule has 0 atom stereocenters. The molecule has 1 aromatic heterocycles. The Morgan fingerprint density at radius 2 is 1.65 bits per heavy atom. The lowest BCUT2D eigenvalue weighted by Gasteiger charge is -2.12. The van der Waals surface area contributed by atoms with E-state index in [1.165, 1.54) is 19.1 Å². The first-order chi connectivity index (χ1) is 12.2. The van der Waals surface area contributed by atoms with Gasteiger partial charge in [-0.25, -0.2) is 9.78 Å². The molecule has 0 spiro atoms. The molecule has 0 aliphatic carbocycles. The highest BCUT2D eigenvalue weighted by molar-refractivity contribution is 6.04. The third-order valence-electron chi connectivity index (χ3n) is 3.70. The number of carbonyl (C=O) groups is 3. The zero-order valence-corrected chi connectivity index (χ0v) is 15.1. The van der Waals surface area contributed by atoms with E-state index >= 15 is 0 Å². The number of hydrogen-bond donors (Lipinski definition) is 3. The van der Waals surface area contributed by atoms with Gasteiger partial charge in [0.2, 0.25) is 0 Å². The third kappa shape index (κ3) is 4.44. The number of pyridine rings is 1. The second-order valence-corrected chi connectivity index (χ2v) is 6.25. The van der Waals surface area contributed by atoms with Crippen LogP contribution in [0.3, 0.4) is 0 Å². The molecule has 1 aromatic carbocycles. The Hall–Kier alpha value is -3.22. The fourth-order valence-electron chi connectivity index (χ4n) is 2.44. The molecule has 3 N–H and O–H groups in total. The van der Waals surface area contributed by atoms with Gasteiger partial charge in [0, 0.05) is 17.3 Å². The van der Waals surface area contributed by atoms with Gasteiger partial charge in [-0.2, -0.15) is 0 Å². The minimum atomic E-state index is -1.09. The van der Waals surface area contributed by atoms with Crippen molar-refractivity contribution in [2.45, 2.75) is 33.7 Å². The van der Waals surface area contributed by atoms with Crippen LogP contribution in [0.15, 0.2) is 30.3 Å². The highest BCUT2D eigenvalue weighted by atomic mass is 16.4. The first-order valence-electron chi connectivity index (χ1n) is 8.13. The fourth-order valence-corrected chi connectivity index (χ4v) is 2.44. The average molecular weight is 355 g/mol. The van der Waals surface area contributed by atoms with E-state index in [0.717, 1.165) is 5.56 Å². The molecule has 0 bridgehead atoms. The lowest BCUT2D eigenvalue weighted by molar-refractivity contribution is 0.0694. The van der Waals surface area contributed by atoms with Gasteiger partial charge >= 0.3 is 5.97 Å². The van der Waals surface area contributed by atoms with E-state index < -0.39 is 11.9 Å². The van der Waals surface area contributed by atoms with Crippen molar-refractivity contribution in [1.29, 1.82) is 0 Å². The molecule has 136 valence electrons. The highest BCUT2D eigenvalue weighted by Crippen LogP contribution is 2.17. The predicted octanol–water partition coefficient (Wildman–Crippen LogP) is 2.79. The maximum absolute atomic E-state index is 12.3. The van der Waals surface area contributed by atoms with Gasteiger partial charge in [0.05, 0.1) is 11.3 Å². The zero-order valence-electron chi connectivity index (χ0n) is 15.1. The zero-order chi connectivity index (χ0) is 19.4. The quantitative estimate of drug-likeness (QED) is 0.764. The molecule has 0 unspecified atom stereocenters. The lowest BCUT2D eigenvalue weighted by atomic mass is 10.1. The van der Waals surface area contributed by atoms with Crippen molar-refractivity contribution in [3.63, 3.8) is 0 Å². The van der Waals surface area contributed by atoms with Gasteiger partial charge in [0.1, 0.15) is 5.69 Å². The number of carbonyl (C=O) groups excluding carboxylic acids is 2. The molecule has 2 rings (SSSR count). The van der Waals surface area contributed by atoms with Gasteiger partial charge in [-0.05, 0) is 63.6 Å². The maximum atomic E-state index is 12.3. The van der Waals surface area contributed by atoms with E-state index in [1.807, 2.05) is 13.8 Å². The van der Waals surface area contributed by atoms with Gasteiger partial charge in [-0.3, -0.25) is 9.59 Å². The Morgan fingerprint density at radius 1 is 1.00 bits per heavy atom. The number of aromatic carboxylic acids is 1. The van der Waals surface area contributed by atoms with Crippen molar-refractivity contribution in [2.75, 3.05) is 5.32 Å². The number of nitrogens with one attached hydrogen (secondary N) is 2. The van der Waals surface area contributed by atoms with Crippen LogP contribution in [0.25, 0.3) is 0 Å². The molecule has 0 aliphatic heterocycles.